The maximum atomic E-state index is 11.9. The van der Waals surface area contributed by atoms with Crippen LogP contribution < -0.4 is 5.73 Å². The van der Waals surface area contributed by atoms with Crippen LogP contribution in [0.5, 0.6) is 0 Å². The molecule has 20 heavy (non-hydrogen) atoms. The molecule has 1 aromatic carbocycles. The zero-order chi connectivity index (χ0) is 14.8. The van der Waals surface area contributed by atoms with E-state index in [9.17, 15) is 8.42 Å². The fourth-order valence-corrected chi connectivity index (χ4v) is 2.85. The second-order valence-corrected chi connectivity index (χ2v) is 5.58. The van der Waals surface area contributed by atoms with Crippen LogP contribution in [-0.2, 0) is 16.6 Å². The summed E-state index contributed by atoms with van der Waals surface area (Å²) in [7, 11) is -4.06. The third-order valence-electron chi connectivity index (χ3n) is 2.75. The lowest BCUT2D eigenvalue weighted by Crippen LogP contribution is -2.50. The van der Waals surface area contributed by atoms with Gasteiger partial charge in [-0.2, -0.15) is 8.42 Å². The Labute approximate surface area is 115 Å². The van der Waals surface area contributed by atoms with E-state index in [0.717, 1.165) is 9.87 Å². The predicted octanol–water partition coefficient (Wildman–Crippen LogP) is -0.0458. The summed E-state index contributed by atoms with van der Waals surface area (Å²) in [5.74, 6) is -0.982. The molecule has 0 aromatic heterocycles. The monoisotopic (exact) mass is 295 g/mol. The van der Waals surface area contributed by atoms with Crippen molar-refractivity contribution in [3.8, 4) is 0 Å². The van der Waals surface area contributed by atoms with Gasteiger partial charge in [0, 0.05) is 6.54 Å². The van der Waals surface area contributed by atoms with E-state index < -0.39 is 21.9 Å². The fourth-order valence-electron chi connectivity index (χ4n) is 1.77. The number of nitrogens with one attached hydrogen (secondary N) is 1. The van der Waals surface area contributed by atoms with Gasteiger partial charge in [-0.15, -0.1) is 4.40 Å². The van der Waals surface area contributed by atoms with Gasteiger partial charge in [-0.3, -0.25) is 5.41 Å². The van der Waals surface area contributed by atoms with Crippen LogP contribution >= 0.6 is 0 Å². The summed E-state index contributed by atoms with van der Waals surface area (Å²) < 4.78 is 27.8. The first-order valence-electron chi connectivity index (χ1n) is 5.69. The van der Waals surface area contributed by atoms with Gasteiger partial charge in [-0.05, 0) is 12.0 Å². The number of nitrogens with zero attached hydrogens (tertiary/aromatic N) is 3. The zero-order valence-electron chi connectivity index (χ0n) is 10.4. The molecule has 0 unspecified atom stereocenters. The highest BCUT2D eigenvalue weighted by molar-refractivity contribution is 7.89. The molecule has 1 aliphatic rings. The molecule has 0 saturated carbocycles. The minimum Gasteiger partial charge on any atom is -0.410 e. The van der Waals surface area contributed by atoms with E-state index in [4.69, 9.17) is 16.4 Å². The number of benzene rings is 1. The maximum Gasteiger partial charge on any atom is 0.347 e. The third kappa shape index (κ3) is 2.62. The number of amidine groups is 2. The summed E-state index contributed by atoms with van der Waals surface area (Å²) in [4.78, 5) is 0. The van der Waals surface area contributed by atoms with Gasteiger partial charge in [0.15, 0.2) is 17.4 Å². The molecule has 106 valence electrons. The number of rotatable bonds is 3. The third-order valence-corrected chi connectivity index (χ3v) is 4.10. The maximum absolute atomic E-state index is 11.9. The molecule has 0 amide bonds. The van der Waals surface area contributed by atoms with Crippen LogP contribution in [0.15, 0.2) is 39.9 Å². The van der Waals surface area contributed by atoms with E-state index in [1.807, 2.05) is 30.3 Å². The second-order valence-electron chi connectivity index (χ2n) is 4.06. The zero-order valence-corrected chi connectivity index (χ0v) is 11.2. The van der Waals surface area contributed by atoms with Crippen LogP contribution in [-0.4, -0.2) is 41.9 Å². The first-order valence-corrected chi connectivity index (χ1v) is 7.09. The highest BCUT2D eigenvalue weighted by Crippen LogP contribution is 2.13. The number of oxime groups is 1. The summed E-state index contributed by atoms with van der Waals surface area (Å²) in [5, 5.41) is 19.3. The van der Waals surface area contributed by atoms with Crippen molar-refractivity contribution in [2.24, 2.45) is 15.3 Å². The molecule has 0 fully saturated rings. The fraction of sp³-hybridized carbons (Fsp3) is 0.182. The Morgan fingerprint density at radius 1 is 1.35 bits per heavy atom. The molecular weight excluding hydrogens is 282 g/mol. The predicted molar refractivity (Wildman–Crippen MR) is 74.3 cm³/mol. The van der Waals surface area contributed by atoms with Crippen LogP contribution in [0.3, 0.4) is 0 Å². The van der Waals surface area contributed by atoms with Crippen LogP contribution in [0.2, 0.25) is 0 Å². The average Bonchev–Trinajstić information content (AvgIpc) is 2.38. The smallest absolute Gasteiger partial charge is 0.347 e. The topological polar surface area (TPSA) is 132 Å². The molecular formula is C11H13N5O3S. The summed E-state index contributed by atoms with van der Waals surface area (Å²) in [6.07, 6.45) is 0.399. The normalized spacial score (nSPS) is 20.0. The minimum absolute atomic E-state index is 0.0149. The molecule has 4 N–H and O–H groups in total. The van der Waals surface area contributed by atoms with E-state index >= 15 is 0 Å². The Morgan fingerprint density at radius 2 is 2.00 bits per heavy atom. The van der Waals surface area contributed by atoms with Crippen molar-refractivity contribution >= 4 is 27.6 Å². The van der Waals surface area contributed by atoms with E-state index in [1.54, 1.807) is 0 Å². The summed E-state index contributed by atoms with van der Waals surface area (Å²) in [5.41, 5.74) is 5.90. The summed E-state index contributed by atoms with van der Waals surface area (Å²) in [6.45, 7) is 0.0149. The molecule has 0 bridgehead atoms. The van der Waals surface area contributed by atoms with Gasteiger partial charge in [-0.1, -0.05) is 35.5 Å². The molecule has 1 heterocycles. The van der Waals surface area contributed by atoms with Crippen molar-refractivity contribution < 1.29 is 13.6 Å². The lowest BCUT2D eigenvalue weighted by molar-refractivity contribution is 0.320. The van der Waals surface area contributed by atoms with Crippen molar-refractivity contribution in [3.63, 3.8) is 0 Å². The Bertz CT molecular complexity index is 681. The quantitative estimate of drug-likeness (QED) is 0.532. The van der Waals surface area contributed by atoms with Gasteiger partial charge < -0.3 is 10.9 Å². The number of nitrogens with two attached hydrogens (primary N) is 1. The average molecular weight is 295 g/mol. The van der Waals surface area contributed by atoms with Gasteiger partial charge in [0.05, 0.1) is 0 Å². The Kier molecular flexibility index (Phi) is 3.70. The van der Waals surface area contributed by atoms with Gasteiger partial charge in [-0.25, -0.2) is 4.31 Å². The molecule has 0 atom stereocenters. The standard InChI is InChI=1S/C11H13N5O3S/c12-10-9(14-17)11(13)16(20(18,19)15-10)7-6-8-4-2-1-3-5-8/h1-5,13,17H,6-7H2,(H2,12,15)/b13-11?,14-9+. The van der Waals surface area contributed by atoms with E-state index in [-0.39, 0.29) is 12.3 Å². The lowest BCUT2D eigenvalue weighted by atomic mass is 10.1. The van der Waals surface area contributed by atoms with Crippen LogP contribution in [0.1, 0.15) is 5.56 Å². The molecule has 8 nitrogen and oxygen atoms in total. The number of hydrogen-bond acceptors (Lipinski definition) is 6. The molecule has 1 aliphatic heterocycles. The molecule has 9 heteroatoms. The Morgan fingerprint density at radius 3 is 2.60 bits per heavy atom. The van der Waals surface area contributed by atoms with Crippen LogP contribution in [0.4, 0.5) is 0 Å². The van der Waals surface area contributed by atoms with Gasteiger partial charge >= 0.3 is 10.2 Å². The first kappa shape index (κ1) is 14.0. The SMILES string of the molecule is N=C1/C(=N/O)C(N)=NS(=O)(=O)N1CCc1ccccc1. The van der Waals surface area contributed by atoms with E-state index in [1.165, 1.54) is 0 Å². The van der Waals surface area contributed by atoms with Crippen molar-refractivity contribution in [1.82, 2.24) is 4.31 Å². The number of hydrogen-bond donors (Lipinski definition) is 3. The Hall–Kier alpha value is -2.42. The van der Waals surface area contributed by atoms with Crippen molar-refractivity contribution in [3.05, 3.63) is 35.9 Å². The van der Waals surface area contributed by atoms with E-state index in [0.29, 0.717) is 6.42 Å². The van der Waals surface area contributed by atoms with Crippen molar-refractivity contribution in [2.45, 2.75) is 6.42 Å². The molecule has 1 aromatic rings. The highest BCUT2D eigenvalue weighted by Gasteiger charge is 2.34. The second kappa shape index (κ2) is 5.29. The molecule has 0 spiro atoms. The Balaban J connectivity index is 2.25. The minimum atomic E-state index is -4.06. The molecule has 0 aliphatic carbocycles. The van der Waals surface area contributed by atoms with Crippen LogP contribution in [0.25, 0.3) is 0 Å². The van der Waals surface area contributed by atoms with Gasteiger partial charge in [0.1, 0.15) is 0 Å². The van der Waals surface area contributed by atoms with Gasteiger partial charge in [0.25, 0.3) is 0 Å². The first-order chi connectivity index (χ1) is 9.45. The summed E-state index contributed by atoms with van der Waals surface area (Å²) in [6, 6.07) is 9.21. The molecule has 0 saturated heterocycles. The van der Waals surface area contributed by atoms with Crippen molar-refractivity contribution in [2.75, 3.05) is 6.54 Å². The van der Waals surface area contributed by atoms with E-state index in [2.05, 4.69) is 9.55 Å². The largest absolute Gasteiger partial charge is 0.410 e. The molecule has 0 radical (unpaired) electrons. The lowest BCUT2D eigenvalue weighted by Gasteiger charge is -2.25. The highest BCUT2D eigenvalue weighted by atomic mass is 32.2. The van der Waals surface area contributed by atoms with Gasteiger partial charge in [0.2, 0.25) is 0 Å². The molecule has 2 rings (SSSR count). The van der Waals surface area contributed by atoms with Crippen LogP contribution in [0, 0.1) is 5.41 Å². The van der Waals surface area contributed by atoms with Crippen molar-refractivity contribution in [1.29, 1.82) is 5.41 Å². The summed E-state index contributed by atoms with van der Waals surface area (Å²) >= 11 is 0.